The second-order valence-electron chi connectivity index (χ2n) is 6.04. The minimum Gasteiger partial charge on any atom is -0.492 e. The molecule has 0 saturated carbocycles. The molecule has 4 heteroatoms. The van der Waals surface area contributed by atoms with Crippen molar-refractivity contribution >= 4 is 5.96 Å². The average Bonchev–Trinajstić information content (AvgIpc) is 2.44. The van der Waals surface area contributed by atoms with Crippen LogP contribution in [0.25, 0.3) is 0 Å². The van der Waals surface area contributed by atoms with Crippen molar-refractivity contribution in [3.05, 3.63) is 29.8 Å². The molecule has 0 unspecified atom stereocenters. The molecule has 0 spiro atoms. The predicted octanol–water partition coefficient (Wildman–Crippen LogP) is 3.02. The standard InChI is InChI=1S/C17H29N3O/c1-6-20(7-2)16(18)19-11-12-21-15-10-8-9-14(13-15)17(3,4)5/h8-10,13H,6-7,11-12H2,1-5H3,(H2,18,19). The number of nitrogens with two attached hydrogens (primary N) is 1. The van der Waals surface area contributed by atoms with Crippen LogP contribution in [0.4, 0.5) is 0 Å². The third-order valence-corrected chi connectivity index (χ3v) is 3.42. The Morgan fingerprint density at radius 1 is 1.24 bits per heavy atom. The van der Waals surface area contributed by atoms with Crippen LogP contribution in [0.15, 0.2) is 29.3 Å². The first-order valence-electron chi connectivity index (χ1n) is 7.66. The highest BCUT2D eigenvalue weighted by Crippen LogP contribution is 2.25. The molecule has 118 valence electrons. The Hall–Kier alpha value is -1.71. The number of guanidine groups is 1. The molecule has 0 aromatic heterocycles. The quantitative estimate of drug-likeness (QED) is 0.498. The zero-order valence-corrected chi connectivity index (χ0v) is 14.0. The molecular formula is C17H29N3O. The van der Waals surface area contributed by atoms with E-state index in [0.717, 1.165) is 18.8 Å². The van der Waals surface area contributed by atoms with E-state index in [1.807, 2.05) is 17.0 Å². The summed E-state index contributed by atoms with van der Waals surface area (Å²) in [5.74, 6) is 1.48. The van der Waals surface area contributed by atoms with Crippen LogP contribution in [0.1, 0.15) is 40.2 Å². The number of hydrogen-bond acceptors (Lipinski definition) is 2. The summed E-state index contributed by atoms with van der Waals surface area (Å²) in [6.07, 6.45) is 0. The predicted molar refractivity (Wildman–Crippen MR) is 90.0 cm³/mol. The molecule has 0 amide bonds. The van der Waals surface area contributed by atoms with Gasteiger partial charge in [-0.25, -0.2) is 4.99 Å². The lowest BCUT2D eigenvalue weighted by Crippen LogP contribution is -2.37. The summed E-state index contributed by atoms with van der Waals surface area (Å²) >= 11 is 0. The largest absolute Gasteiger partial charge is 0.492 e. The van der Waals surface area contributed by atoms with Crippen LogP contribution in [0.3, 0.4) is 0 Å². The van der Waals surface area contributed by atoms with E-state index < -0.39 is 0 Å². The number of benzene rings is 1. The Balaban J connectivity index is 2.52. The molecule has 0 saturated heterocycles. The van der Waals surface area contributed by atoms with Crippen molar-refractivity contribution < 1.29 is 4.74 Å². The van der Waals surface area contributed by atoms with E-state index in [-0.39, 0.29) is 5.41 Å². The van der Waals surface area contributed by atoms with Crippen molar-refractivity contribution in [1.82, 2.24) is 4.90 Å². The lowest BCUT2D eigenvalue weighted by atomic mass is 9.87. The highest BCUT2D eigenvalue weighted by Gasteiger charge is 2.13. The van der Waals surface area contributed by atoms with Crippen molar-refractivity contribution in [2.24, 2.45) is 10.7 Å². The maximum atomic E-state index is 5.92. The van der Waals surface area contributed by atoms with Crippen LogP contribution in [0.2, 0.25) is 0 Å². The van der Waals surface area contributed by atoms with Gasteiger partial charge in [0.05, 0.1) is 6.54 Å². The summed E-state index contributed by atoms with van der Waals surface area (Å²) in [6.45, 7) is 13.6. The van der Waals surface area contributed by atoms with Gasteiger partial charge >= 0.3 is 0 Å². The second-order valence-corrected chi connectivity index (χ2v) is 6.04. The summed E-state index contributed by atoms with van der Waals surface area (Å²) in [4.78, 5) is 6.38. The normalized spacial score (nSPS) is 12.3. The molecule has 1 aromatic carbocycles. The number of rotatable bonds is 6. The van der Waals surface area contributed by atoms with Crippen molar-refractivity contribution in [2.75, 3.05) is 26.2 Å². The summed E-state index contributed by atoms with van der Waals surface area (Å²) in [7, 11) is 0. The maximum Gasteiger partial charge on any atom is 0.191 e. The van der Waals surface area contributed by atoms with Gasteiger partial charge < -0.3 is 15.4 Å². The van der Waals surface area contributed by atoms with Gasteiger partial charge in [0, 0.05) is 13.1 Å². The summed E-state index contributed by atoms with van der Waals surface area (Å²) < 4.78 is 5.76. The molecular weight excluding hydrogens is 262 g/mol. The summed E-state index contributed by atoms with van der Waals surface area (Å²) in [5, 5.41) is 0. The molecule has 4 nitrogen and oxygen atoms in total. The average molecular weight is 291 g/mol. The fourth-order valence-corrected chi connectivity index (χ4v) is 2.02. The molecule has 0 heterocycles. The van der Waals surface area contributed by atoms with Gasteiger partial charge in [0.25, 0.3) is 0 Å². The lowest BCUT2D eigenvalue weighted by molar-refractivity contribution is 0.326. The Kier molecular flexibility index (Phi) is 6.53. The minimum atomic E-state index is 0.130. The molecule has 0 atom stereocenters. The van der Waals surface area contributed by atoms with E-state index in [9.17, 15) is 0 Å². The maximum absolute atomic E-state index is 5.92. The van der Waals surface area contributed by atoms with Gasteiger partial charge in [-0.15, -0.1) is 0 Å². The van der Waals surface area contributed by atoms with Crippen LogP contribution >= 0.6 is 0 Å². The zero-order valence-electron chi connectivity index (χ0n) is 14.0. The van der Waals surface area contributed by atoms with Gasteiger partial charge in [-0.2, -0.15) is 0 Å². The van der Waals surface area contributed by atoms with E-state index in [4.69, 9.17) is 10.5 Å². The van der Waals surface area contributed by atoms with Gasteiger partial charge in [0.15, 0.2) is 5.96 Å². The number of nitrogens with zero attached hydrogens (tertiary/aromatic N) is 2. The van der Waals surface area contributed by atoms with Crippen LogP contribution in [0, 0.1) is 0 Å². The van der Waals surface area contributed by atoms with E-state index in [1.165, 1.54) is 5.56 Å². The van der Waals surface area contributed by atoms with Gasteiger partial charge in [0.2, 0.25) is 0 Å². The van der Waals surface area contributed by atoms with Crippen LogP contribution in [-0.4, -0.2) is 37.1 Å². The molecule has 0 radical (unpaired) electrons. The van der Waals surface area contributed by atoms with E-state index in [1.54, 1.807) is 0 Å². The monoisotopic (exact) mass is 291 g/mol. The van der Waals surface area contributed by atoms with Crippen LogP contribution < -0.4 is 10.5 Å². The molecule has 0 fully saturated rings. The first-order chi connectivity index (χ1) is 9.88. The molecule has 0 bridgehead atoms. The Labute approximate surface area is 129 Å². The van der Waals surface area contributed by atoms with Crippen LogP contribution in [0.5, 0.6) is 5.75 Å². The van der Waals surface area contributed by atoms with Crippen molar-refractivity contribution in [3.8, 4) is 5.75 Å². The topological polar surface area (TPSA) is 50.8 Å². The first-order valence-corrected chi connectivity index (χ1v) is 7.66. The zero-order chi connectivity index (χ0) is 15.9. The Morgan fingerprint density at radius 3 is 2.48 bits per heavy atom. The molecule has 2 N–H and O–H groups in total. The summed E-state index contributed by atoms with van der Waals surface area (Å²) in [6, 6.07) is 8.23. The molecule has 0 aliphatic rings. The Morgan fingerprint density at radius 2 is 1.90 bits per heavy atom. The SMILES string of the molecule is CCN(CC)C(N)=NCCOc1cccc(C(C)(C)C)c1. The summed E-state index contributed by atoms with van der Waals surface area (Å²) in [5.41, 5.74) is 7.32. The number of hydrogen-bond donors (Lipinski definition) is 1. The lowest BCUT2D eigenvalue weighted by Gasteiger charge is -2.20. The van der Waals surface area contributed by atoms with Gasteiger partial charge in [-0.1, -0.05) is 32.9 Å². The minimum absolute atomic E-state index is 0.130. The third-order valence-electron chi connectivity index (χ3n) is 3.42. The third kappa shape index (κ3) is 5.66. The van der Waals surface area contributed by atoms with Crippen molar-refractivity contribution in [3.63, 3.8) is 0 Å². The van der Waals surface area contributed by atoms with Crippen molar-refractivity contribution in [1.29, 1.82) is 0 Å². The molecule has 21 heavy (non-hydrogen) atoms. The van der Waals surface area contributed by atoms with Crippen LogP contribution in [-0.2, 0) is 5.41 Å². The fraction of sp³-hybridized carbons (Fsp3) is 0.588. The molecule has 0 aliphatic carbocycles. The van der Waals surface area contributed by atoms with Gasteiger partial charge in [-0.3, -0.25) is 0 Å². The molecule has 1 rings (SSSR count). The second kappa shape index (κ2) is 7.91. The smallest absolute Gasteiger partial charge is 0.191 e. The van der Waals surface area contributed by atoms with E-state index >= 15 is 0 Å². The highest BCUT2D eigenvalue weighted by molar-refractivity contribution is 5.77. The van der Waals surface area contributed by atoms with E-state index in [0.29, 0.717) is 19.1 Å². The number of aliphatic imine (C=N–C) groups is 1. The Bertz CT molecular complexity index is 459. The molecule has 1 aromatic rings. The van der Waals surface area contributed by atoms with Crippen molar-refractivity contribution in [2.45, 2.75) is 40.0 Å². The number of ether oxygens (including phenoxy) is 1. The highest BCUT2D eigenvalue weighted by atomic mass is 16.5. The van der Waals surface area contributed by atoms with Gasteiger partial charge in [0.1, 0.15) is 12.4 Å². The first kappa shape index (κ1) is 17.3. The fourth-order valence-electron chi connectivity index (χ4n) is 2.02. The van der Waals surface area contributed by atoms with E-state index in [2.05, 4.69) is 51.7 Å². The molecule has 0 aliphatic heterocycles. The van der Waals surface area contributed by atoms with Gasteiger partial charge in [-0.05, 0) is 37.0 Å².